The molecule has 0 saturated heterocycles. The van der Waals surface area contributed by atoms with Crippen LogP contribution in [0.4, 0.5) is 0 Å². The molecule has 1 fully saturated rings. The van der Waals surface area contributed by atoms with Crippen LogP contribution in [-0.2, 0) is 13.5 Å². The van der Waals surface area contributed by atoms with Gasteiger partial charge >= 0.3 is 0 Å². The van der Waals surface area contributed by atoms with Crippen LogP contribution in [0.2, 0.25) is 0 Å². The minimum absolute atomic E-state index is 0. The fourth-order valence-electron chi connectivity index (χ4n) is 3.95. The molecule has 0 aromatic carbocycles. The summed E-state index contributed by atoms with van der Waals surface area (Å²) < 4.78 is 2.04. The molecule has 2 nitrogen and oxygen atoms in total. The molecule has 0 spiro atoms. The van der Waals surface area contributed by atoms with Crippen LogP contribution in [0.5, 0.6) is 5.75 Å². The van der Waals surface area contributed by atoms with Gasteiger partial charge in [-0.1, -0.05) is 25.5 Å². The van der Waals surface area contributed by atoms with E-state index in [9.17, 15) is 5.11 Å². The first-order chi connectivity index (χ1) is 9.00. The zero-order valence-electron chi connectivity index (χ0n) is 12.6. The van der Waals surface area contributed by atoms with Crippen molar-refractivity contribution in [1.29, 1.82) is 0 Å². The predicted molar refractivity (Wildman–Crippen MR) is 75.7 cm³/mol. The van der Waals surface area contributed by atoms with E-state index in [1.54, 1.807) is 11.6 Å². The van der Waals surface area contributed by atoms with Gasteiger partial charge in [0.25, 0.3) is 0 Å². The summed E-state index contributed by atoms with van der Waals surface area (Å²) in [6.07, 6.45) is 9.13. The SMILES string of the molecule is C[n+]1cccc(O)c1CCC1=CCC2CC1C2(C)C.[Cl-]. The largest absolute Gasteiger partial charge is 1.00 e. The minimum Gasteiger partial charge on any atom is -1.00 e. The van der Waals surface area contributed by atoms with Gasteiger partial charge in [0.1, 0.15) is 7.05 Å². The van der Waals surface area contributed by atoms with Crippen LogP contribution in [-0.4, -0.2) is 5.11 Å². The normalized spacial score (nSPS) is 26.2. The van der Waals surface area contributed by atoms with E-state index in [1.807, 2.05) is 23.9 Å². The maximum absolute atomic E-state index is 9.96. The molecule has 2 unspecified atom stereocenters. The third-order valence-electron chi connectivity index (χ3n) is 5.52. The number of aromatic hydroxyl groups is 1. The molecule has 1 N–H and O–H groups in total. The number of pyridine rings is 1. The van der Waals surface area contributed by atoms with Crippen LogP contribution < -0.4 is 17.0 Å². The number of rotatable bonds is 3. The molecule has 2 bridgehead atoms. The second-order valence-electron chi connectivity index (χ2n) is 6.77. The fourth-order valence-corrected chi connectivity index (χ4v) is 3.95. The van der Waals surface area contributed by atoms with Gasteiger partial charge in [-0.25, -0.2) is 4.57 Å². The van der Waals surface area contributed by atoms with Crippen LogP contribution in [0.25, 0.3) is 0 Å². The first-order valence-electron chi connectivity index (χ1n) is 7.35. The summed E-state index contributed by atoms with van der Waals surface area (Å²) in [6, 6.07) is 3.67. The molecule has 3 aliphatic rings. The average Bonchev–Trinajstić information content (AvgIpc) is 2.38. The molecule has 3 aliphatic carbocycles. The van der Waals surface area contributed by atoms with E-state index in [1.165, 1.54) is 12.8 Å². The third-order valence-corrected chi connectivity index (χ3v) is 5.52. The number of nitrogens with zero attached hydrogens (tertiary/aromatic N) is 1. The number of aromatic nitrogens is 1. The highest BCUT2D eigenvalue weighted by Crippen LogP contribution is 2.59. The highest BCUT2D eigenvalue weighted by molar-refractivity contribution is 5.26. The van der Waals surface area contributed by atoms with Crippen molar-refractivity contribution in [2.45, 2.75) is 39.5 Å². The number of aryl methyl sites for hydroxylation is 1. The fraction of sp³-hybridized carbons (Fsp3) is 0.588. The Hall–Kier alpha value is -1.02. The summed E-state index contributed by atoms with van der Waals surface area (Å²) in [7, 11) is 2.01. The van der Waals surface area contributed by atoms with Gasteiger partial charge in [-0.05, 0) is 42.6 Å². The van der Waals surface area contributed by atoms with Gasteiger partial charge in [-0.2, -0.15) is 0 Å². The van der Waals surface area contributed by atoms with Gasteiger partial charge < -0.3 is 17.5 Å². The molecule has 110 valence electrons. The van der Waals surface area contributed by atoms with Crippen molar-refractivity contribution in [3.63, 3.8) is 0 Å². The van der Waals surface area contributed by atoms with Gasteiger partial charge in [0.15, 0.2) is 11.9 Å². The van der Waals surface area contributed by atoms with Crippen molar-refractivity contribution in [2.75, 3.05) is 0 Å². The van der Waals surface area contributed by atoms with Crippen LogP contribution in [0.15, 0.2) is 30.0 Å². The van der Waals surface area contributed by atoms with E-state index >= 15 is 0 Å². The molecule has 1 heterocycles. The standard InChI is InChI=1S/C17H23NO.ClH/c1-17(2)13-8-6-12(14(17)11-13)7-9-15-16(19)5-4-10-18(15)3;/h4-6,10,13-14H,7-9,11H2,1-3H3;1H. The van der Waals surface area contributed by atoms with Crippen molar-refractivity contribution in [3.05, 3.63) is 35.7 Å². The Bertz CT molecular complexity index is 516. The average molecular weight is 294 g/mol. The van der Waals surface area contributed by atoms with Crippen molar-refractivity contribution in [1.82, 2.24) is 0 Å². The molecule has 0 aliphatic heterocycles. The van der Waals surface area contributed by atoms with Crippen LogP contribution in [0.3, 0.4) is 0 Å². The van der Waals surface area contributed by atoms with Crippen LogP contribution in [0, 0.1) is 17.3 Å². The van der Waals surface area contributed by atoms with E-state index in [4.69, 9.17) is 0 Å². The Balaban J connectivity index is 0.00000147. The summed E-state index contributed by atoms with van der Waals surface area (Å²) in [4.78, 5) is 0. The van der Waals surface area contributed by atoms with Crippen molar-refractivity contribution in [3.8, 4) is 5.75 Å². The van der Waals surface area contributed by atoms with Crippen molar-refractivity contribution >= 4 is 0 Å². The highest BCUT2D eigenvalue weighted by Gasteiger charge is 2.50. The predicted octanol–water partition coefficient (Wildman–Crippen LogP) is 0.146. The lowest BCUT2D eigenvalue weighted by atomic mass is 9.48. The Morgan fingerprint density at radius 2 is 2.10 bits per heavy atom. The van der Waals surface area contributed by atoms with Gasteiger partial charge in [0.2, 0.25) is 5.69 Å². The van der Waals surface area contributed by atoms with E-state index in [-0.39, 0.29) is 12.4 Å². The first kappa shape index (κ1) is 15.4. The van der Waals surface area contributed by atoms with Gasteiger partial charge in [-0.15, -0.1) is 0 Å². The molecule has 0 amide bonds. The van der Waals surface area contributed by atoms with E-state index in [2.05, 4.69) is 19.9 Å². The zero-order chi connectivity index (χ0) is 13.6. The number of fused-ring (bicyclic) bond motifs is 1. The molecule has 4 rings (SSSR count). The van der Waals surface area contributed by atoms with E-state index in [0.717, 1.165) is 30.4 Å². The smallest absolute Gasteiger partial charge is 0.223 e. The van der Waals surface area contributed by atoms with Crippen molar-refractivity contribution < 1.29 is 22.1 Å². The molecular weight excluding hydrogens is 270 g/mol. The molecule has 1 saturated carbocycles. The van der Waals surface area contributed by atoms with Gasteiger partial charge in [-0.3, -0.25) is 0 Å². The maximum Gasteiger partial charge on any atom is 0.223 e. The van der Waals surface area contributed by atoms with Crippen LogP contribution in [0.1, 0.15) is 38.8 Å². The topological polar surface area (TPSA) is 24.1 Å². The summed E-state index contributed by atoms with van der Waals surface area (Å²) in [5.74, 6) is 2.11. The maximum atomic E-state index is 9.96. The summed E-state index contributed by atoms with van der Waals surface area (Å²) >= 11 is 0. The first-order valence-corrected chi connectivity index (χ1v) is 7.35. The second kappa shape index (κ2) is 5.40. The lowest BCUT2D eigenvalue weighted by Gasteiger charge is -2.56. The number of halogens is 1. The molecule has 0 radical (unpaired) electrons. The Morgan fingerprint density at radius 1 is 1.35 bits per heavy atom. The molecule has 3 heteroatoms. The summed E-state index contributed by atoms with van der Waals surface area (Å²) in [6.45, 7) is 4.83. The summed E-state index contributed by atoms with van der Waals surface area (Å²) in [5.41, 5.74) is 3.17. The molecule has 1 aromatic heterocycles. The lowest BCUT2D eigenvalue weighted by molar-refractivity contribution is -0.679. The van der Waals surface area contributed by atoms with E-state index in [0.29, 0.717) is 11.2 Å². The number of allylic oxidation sites excluding steroid dienone is 2. The monoisotopic (exact) mass is 293 g/mol. The van der Waals surface area contributed by atoms with Crippen molar-refractivity contribution in [2.24, 2.45) is 24.3 Å². The quantitative estimate of drug-likeness (QED) is 0.622. The highest BCUT2D eigenvalue weighted by atomic mass is 35.5. The van der Waals surface area contributed by atoms with Crippen LogP contribution >= 0.6 is 0 Å². The summed E-state index contributed by atoms with van der Waals surface area (Å²) in [5, 5.41) is 9.96. The molecule has 1 aromatic rings. The minimum atomic E-state index is 0. The second-order valence-corrected chi connectivity index (χ2v) is 6.77. The zero-order valence-corrected chi connectivity index (χ0v) is 13.3. The van der Waals surface area contributed by atoms with Gasteiger partial charge in [0, 0.05) is 12.5 Å². The Labute approximate surface area is 127 Å². The lowest BCUT2D eigenvalue weighted by Crippen LogP contribution is -3.00. The number of hydrogen-bond acceptors (Lipinski definition) is 1. The van der Waals surface area contributed by atoms with Gasteiger partial charge in [0.05, 0.1) is 0 Å². The Morgan fingerprint density at radius 3 is 2.70 bits per heavy atom. The Kier molecular flexibility index (Phi) is 4.15. The molecular formula is C17H24ClNO. The molecule has 20 heavy (non-hydrogen) atoms. The molecule has 2 atom stereocenters. The van der Waals surface area contributed by atoms with E-state index < -0.39 is 0 Å². The third kappa shape index (κ3) is 2.35. The number of hydrogen-bond donors (Lipinski definition) is 1.